The van der Waals surface area contributed by atoms with Crippen molar-refractivity contribution in [2.24, 2.45) is 0 Å². The van der Waals surface area contributed by atoms with Gasteiger partial charge in [-0.25, -0.2) is 9.97 Å². The summed E-state index contributed by atoms with van der Waals surface area (Å²) in [6.45, 7) is 9.07. The number of nitrogens with one attached hydrogen (secondary N) is 1. The van der Waals surface area contributed by atoms with Gasteiger partial charge in [-0.3, -0.25) is 0 Å². The summed E-state index contributed by atoms with van der Waals surface area (Å²) in [4.78, 5) is 12.8. The first-order valence-electron chi connectivity index (χ1n) is 6.95. The van der Waals surface area contributed by atoms with Gasteiger partial charge in [0.1, 0.15) is 0 Å². The van der Waals surface area contributed by atoms with Crippen LogP contribution in [0.4, 0.5) is 5.13 Å². The van der Waals surface area contributed by atoms with Gasteiger partial charge in [-0.1, -0.05) is 13.8 Å². The molecule has 2 aromatic heterocycles. The van der Waals surface area contributed by atoms with Gasteiger partial charge >= 0.3 is 0 Å². The van der Waals surface area contributed by atoms with E-state index >= 15 is 0 Å². The zero-order valence-corrected chi connectivity index (χ0v) is 14.2. The van der Waals surface area contributed by atoms with Crippen molar-refractivity contribution in [1.82, 2.24) is 15.3 Å². The fourth-order valence-corrected chi connectivity index (χ4v) is 3.66. The standard InChI is InChI=1S/C14H22N4S2/c1-5-12-13(7-15-6-2)20-14(17-12)18(4)8-11-9-19-10(3)16-11/h9,15H,5-8H2,1-4H3. The third kappa shape index (κ3) is 3.77. The molecule has 0 spiro atoms. The molecule has 0 saturated carbocycles. The van der Waals surface area contributed by atoms with Crippen LogP contribution in [-0.2, 0) is 19.5 Å². The Morgan fingerprint density at radius 1 is 1.30 bits per heavy atom. The van der Waals surface area contributed by atoms with Crippen LogP contribution in [0.15, 0.2) is 5.38 Å². The first-order valence-corrected chi connectivity index (χ1v) is 8.65. The average Bonchev–Trinajstić information content (AvgIpc) is 3.02. The number of thiazole rings is 2. The lowest BCUT2D eigenvalue weighted by molar-refractivity contribution is 0.727. The lowest BCUT2D eigenvalue weighted by atomic mass is 10.3. The molecule has 0 aliphatic carbocycles. The van der Waals surface area contributed by atoms with Crippen LogP contribution in [0.2, 0.25) is 0 Å². The van der Waals surface area contributed by atoms with Crippen molar-refractivity contribution < 1.29 is 0 Å². The van der Waals surface area contributed by atoms with Crippen LogP contribution in [0, 0.1) is 6.92 Å². The van der Waals surface area contributed by atoms with E-state index in [1.54, 1.807) is 22.7 Å². The summed E-state index contributed by atoms with van der Waals surface area (Å²) >= 11 is 3.49. The molecule has 2 rings (SSSR count). The lowest BCUT2D eigenvalue weighted by Crippen LogP contribution is -2.16. The highest BCUT2D eigenvalue weighted by Gasteiger charge is 2.13. The van der Waals surface area contributed by atoms with Gasteiger partial charge < -0.3 is 10.2 Å². The van der Waals surface area contributed by atoms with Crippen molar-refractivity contribution in [3.63, 3.8) is 0 Å². The van der Waals surface area contributed by atoms with Crippen molar-refractivity contribution in [1.29, 1.82) is 0 Å². The molecule has 0 aliphatic heterocycles. The molecule has 0 aromatic carbocycles. The van der Waals surface area contributed by atoms with Crippen LogP contribution in [0.1, 0.15) is 35.1 Å². The summed E-state index contributed by atoms with van der Waals surface area (Å²) in [6.07, 6.45) is 0.987. The Bertz CT molecular complexity index is 547. The Hall–Kier alpha value is -0.980. The van der Waals surface area contributed by atoms with Gasteiger partial charge in [0.2, 0.25) is 0 Å². The van der Waals surface area contributed by atoms with Crippen molar-refractivity contribution in [2.45, 2.75) is 40.3 Å². The minimum atomic E-state index is 0.821. The molecule has 110 valence electrons. The maximum Gasteiger partial charge on any atom is 0.185 e. The lowest BCUT2D eigenvalue weighted by Gasteiger charge is -2.13. The minimum Gasteiger partial charge on any atom is -0.345 e. The second-order valence-corrected chi connectivity index (χ2v) is 6.84. The summed E-state index contributed by atoms with van der Waals surface area (Å²) in [5.41, 5.74) is 2.34. The van der Waals surface area contributed by atoms with E-state index in [2.05, 4.69) is 41.5 Å². The molecule has 6 heteroatoms. The Morgan fingerprint density at radius 3 is 2.70 bits per heavy atom. The monoisotopic (exact) mass is 310 g/mol. The molecule has 2 aromatic rings. The molecule has 2 heterocycles. The predicted octanol–water partition coefficient (Wildman–Crippen LogP) is 3.22. The van der Waals surface area contributed by atoms with E-state index in [1.165, 1.54) is 10.6 Å². The summed E-state index contributed by atoms with van der Waals surface area (Å²) in [5, 5.41) is 7.71. The Labute approximate surface area is 128 Å². The van der Waals surface area contributed by atoms with E-state index in [9.17, 15) is 0 Å². The van der Waals surface area contributed by atoms with Crippen LogP contribution < -0.4 is 10.2 Å². The van der Waals surface area contributed by atoms with E-state index < -0.39 is 0 Å². The summed E-state index contributed by atoms with van der Waals surface area (Å²) in [7, 11) is 2.09. The molecule has 0 radical (unpaired) electrons. The van der Waals surface area contributed by atoms with Gasteiger partial charge in [-0.05, 0) is 19.9 Å². The summed E-state index contributed by atoms with van der Waals surface area (Å²) < 4.78 is 0. The average molecular weight is 310 g/mol. The third-order valence-corrected chi connectivity index (χ3v) is 5.06. The van der Waals surface area contributed by atoms with Crippen LogP contribution >= 0.6 is 22.7 Å². The molecule has 0 saturated heterocycles. The smallest absolute Gasteiger partial charge is 0.185 e. The fraction of sp³-hybridized carbons (Fsp3) is 0.571. The number of rotatable bonds is 7. The fourth-order valence-electron chi connectivity index (χ4n) is 1.98. The molecule has 4 nitrogen and oxygen atoms in total. The van der Waals surface area contributed by atoms with Crippen molar-refractivity contribution in [3.05, 3.63) is 26.7 Å². The van der Waals surface area contributed by atoms with E-state index in [1.807, 2.05) is 6.92 Å². The highest BCUT2D eigenvalue weighted by molar-refractivity contribution is 7.15. The third-order valence-electron chi connectivity index (χ3n) is 3.03. The van der Waals surface area contributed by atoms with Crippen LogP contribution in [0.25, 0.3) is 0 Å². The molecule has 20 heavy (non-hydrogen) atoms. The van der Waals surface area contributed by atoms with Crippen LogP contribution in [0.3, 0.4) is 0 Å². The first kappa shape index (κ1) is 15.4. The number of anilines is 1. The Kier molecular flexibility index (Phi) is 5.51. The minimum absolute atomic E-state index is 0.821. The van der Waals surface area contributed by atoms with Crippen molar-refractivity contribution in [3.8, 4) is 0 Å². The number of hydrogen-bond acceptors (Lipinski definition) is 6. The Balaban J connectivity index is 2.09. The van der Waals surface area contributed by atoms with E-state index in [4.69, 9.17) is 4.98 Å². The van der Waals surface area contributed by atoms with Crippen molar-refractivity contribution >= 4 is 27.8 Å². The highest BCUT2D eigenvalue weighted by atomic mass is 32.1. The molecule has 0 aliphatic rings. The van der Waals surface area contributed by atoms with Gasteiger partial charge in [0.25, 0.3) is 0 Å². The predicted molar refractivity (Wildman–Crippen MR) is 87.8 cm³/mol. The number of hydrogen-bond donors (Lipinski definition) is 1. The largest absolute Gasteiger partial charge is 0.345 e. The second kappa shape index (κ2) is 7.15. The zero-order chi connectivity index (χ0) is 14.5. The number of aromatic nitrogens is 2. The molecular weight excluding hydrogens is 288 g/mol. The number of nitrogens with zero attached hydrogens (tertiary/aromatic N) is 3. The first-order chi connectivity index (χ1) is 9.63. The maximum absolute atomic E-state index is 4.76. The highest BCUT2D eigenvalue weighted by Crippen LogP contribution is 2.27. The van der Waals surface area contributed by atoms with Crippen molar-refractivity contribution in [2.75, 3.05) is 18.5 Å². The van der Waals surface area contributed by atoms with E-state index in [0.717, 1.165) is 41.9 Å². The van der Waals surface area contributed by atoms with Crippen LogP contribution in [0.5, 0.6) is 0 Å². The topological polar surface area (TPSA) is 41.0 Å². The van der Waals surface area contributed by atoms with Gasteiger partial charge in [0.05, 0.1) is 22.9 Å². The molecular formula is C14H22N4S2. The normalized spacial score (nSPS) is 11.0. The summed E-state index contributed by atoms with van der Waals surface area (Å²) in [6, 6.07) is 0. The van der Waals surface area contributed by atoms with Gasteiger partial charge in [-0.2, -0.15) is 0 Å². The molecule has 1 N–H and O–H groups in total. The summed E-state index contributed by atoms with van der Waals surface area (Å²) in [5.74, 6) is 0. The van der Waals surface area contributed by atoms with E-state index in [-0.39, 0.29) is 0 Å². The van der Waals surface area contributed by atoms with Gasteiger partial charge in [0, 0.05) is 23.8 Å². The molecule has 0 bridgehead atoms. The SMILES string of the molecule is CCNCc1sc(N(C)Cc2csc(C)n2)nc1CC. The van der Waals surface area contributed by atoms with Gasteiger partial charge in [-0.15, -0.1) is 22.7 Å². The quantitative estimate of drug-likeness (QED) is 0.852. The van der Waals surface area contributed by atoms with Gasteiger partial charge in [0.15, 0.2) is 5.13 Å². The molecule has 0 unspecified atom stereocenters. The zero-order valence-electron chi connectivity index (χ0n) is 12.6. The Morgan fingerprint density at radius 2 is 2.10 bits per heavy atom. The molecule has 0 atom stereocenters. The van der Waals surface area contributed by atoms with Crippen LogP contribution in [-0.4, -0.2) is 23.6 Å². The number of aryl methyl sites for hydroxylation is 2. The van der Waals surface area contributed by atoms with E-state index in [0.29, 0.717) is 0 Å². The molecule has 0 amide bonds. The second-order valence-electron chi connectivity index (χ2n) is 4.71. The maximum atomic E-state index is 4.76. The molecule has 0 fully saturated rings.